The summed E-state index contributed by atoms with van der Waals surface area (Å²) in [5.74, 6) is 0.250. The Labute approximate surface area is 50.9 Å². The molecule has 0 N–H and O–H groups in total. The molecule has 0 aromatic rings. The highest BCUT2D eigenvalue weighted by Crippen LogP contribution is 2.18. The first-order chi connectivity index (χ1) is 3.84. The molecule has 1 saturated carbocycles. The molecule has 0 saturated heterocycles. The molecule has 1 fully saturated rings. The van der Waals surface area contributed by atoms with Crippen LogP contribution in [0.25, 0.3) is 0 Å². The molecule has 0 heterocycles. The zero-order valence-electron chi connectivity index (χ0n) is 4.59. The molecule has 0 spiro atoms. The van der Waals surface area contributed by atoms with E-state index in [2.05, 4.69) is 9.47 Å². The third-order valence-corrected chi connectivity index (χ3v) is 1.74. The summed E-state index contributed by atoms with van der Waals surface area (Å²) in [6.45, 7) is 0. The summed E-state index contributed by atoms with van der Waals surface area (Å²) in [7, 11) is 2.13. The number of rotatable bonds is 1. The monoisotopic (exact) mass is 132 g/mol. The van der Waals surface area contributed by atoms with Gasteiger partial charge in [0.25, 0.3) is 0 Å². The molecule has 46 valence electrons. The lowest BCUT2D eigenvalue weighted by molar-refractivity contribution is -0.122. The summed E-state index contributed by atoms with van der Waals surface area (Å²) in [4.78, 5) is 10.7. The Bertz CT molecular complexity index is 103. The van der Waals surface area contributed by atoms with E-state index in [1.54, 1.807) is 0 Å². The van der Waals surface area contributed by atoms with E-state index in [1.165, 1.54) is 0 Å². The van der Waals surface area contributed by atoms with Crippen LogP contribution in [0.15, 0.2) is 0 Å². The fourth-order valence-electron chi connectivity index (χ4n) is 0.928. The van der Waals surface area contributed by atoms with Crippen LogP contribution in [0.2, 0.25) is 0 Å². The second-order valence-corrected chi connectivity index (χ2v) is 2.26. The van der Waals surface area contributed by atoms with Crippen molar-refractivity contribution >= 4 is 15.2 Å². The minimum absolute atomic E-state index is 0.111. The quantitative estimate of drug-likeness (QED) is 0.496. The molecule has 0 aromatic carbocycles. The Morgan fingerprint density at radius 3 is 2.75 bits per heavy atom. The molecule has 2 atom stereocenters. The predicted octanol–water partition coefficient (Wildman–Crippen LogP) is 0.915. The highest BCUT2D eigenvalue weighted by Gasteiger charge is 2.23. The normalized spacial score (nSPS) is 29.1. The summed E-state index contributed by atoms with van der Waals surface area (Å²) in [6.07, 6.45) is 2.50. The molecule has 1 rings (SSSR count). The lowest BCUT2D eigenvalue weighted by Crippen LogP contribution is -2.11. The number of carbonyl (C=O) groups excluding carboxylic acids is 1. The van der Waals surface area contributed by atoms with Crippen molar-refractivity contribution < 1.29 is 9.32 Å². The average Bonchev–Trinajstić information content (AvgIpc) is 2.14. The van der Waals surface area contributed by atoms with Gasteiger partial charge in [0, 0.05) is 15.9 Å². The molecule has 0 aromatic heterocycles. The molecule has 0 radical (unpaired) electrons. The van der Waals surface area contributed by atoms with Crippen molar-refractivity contribution in [3.05, 3.63) is 0 Å². The second-order valence-electron chi connectivity index (χ2n) is 1.98. The van der Waals surface area contributed by atoms with Gasteiger partial charge in [0.05, 0.1) is 0 Å². The van der Waals surface area contributed by atoms with E-state index in [9.17, 15) is 4.79 Å². The lowest BCUT2D eigenvalue weighted by atomic mass is 10.3. The lowest BCUT2D eigenvalue weighted by Gasteiger charge is -2.00. The number of hydrogen-bond donors (Lipinski definition) is 0. The van der Waals surface area contributed by atoms with Crippen molar-refractivity contribution in [2.45, 2.75) is 25.4 Å². The van der Waals surface area contributed by atoms with Gasteiger partial charge in [-0.15, -0.1) is 0 Å². The van der Waals surface area contributed by atoms with Crippen LogP contribution in [0.1, 0.15) is 19.3 Å². The maximum Gasteiger partial charge on any atom is 0.161 e. The minimum atomic E-state index is -0.111. The van der Waals surface area contributed by atoms with Crippen LogP contribution in [0.3, 0.4) is 0 Å². The van der Waals surface area contributed by atoms with Crippen molar-refractivity contribution in [1.29, 1.82) is 0 Å². The summed E-state index contributed by atoms with van der Waals surface area (Å²) in [5, 5.41) is 0. The van der Waals surface area contributed by atoms with E-state index in [4.69, 9.17) is 4.52 Å². The largest absolute Gasteiger partial charge is 0.355 e. The van der Waals surface area contributed by atoms with Gasteiger partial charge in [-0.1, -0.05) is 0 Å². The van der Waals surface area contributed by atoms with Gasteiger partial charge < -0.3 is 4.52 Å². The van der Waals surface area contributed by atoms with Gasteiger partial charge in [0.15, 0.2) is 5.78 Å². The van der Waals surface area contributed by atoms with Gasteiger partial charge in [-0.2, -0.15) is 0 Å². The fraction of sp³-hybridized carbons (Fsp3) is 0.800. The third-order valence-electron chi connectivity index (χ3n) is 1.41. The van der Waals surface area contributed by atoms with Gasteiger partial charge in [0.2, 0.25) is 0 Å². The molecule has 1 aliphatic rings. The van der Waals surface area contributed by atoms with Crippen molar-refractivity contribution in [2.24, 2.45) is 0 Å². The first kappa shape index (κ1) is 6.18. The smallest absolute Gasteiger partial charge is 0.161 e. The highest BCUT2D eigenvalue weighted by molar-refractivity contribution is 7.09. The standard InChI is InChI=1S/C5H9O2P/c6-4-2-1-3-5(4)7-8/h5H,1-3,8H2/t5-/m1/s1. The van der Waals surface area contributed by atoms with E-state index in [0.29, 0.717) is 6.42 Å². The van der Waals surface area contributed by atoms with Gasteiger partial charge >= 0.3 is 0 Å². The van der Waals surface area contributed by atoms with E-state index in [1.807, 2.05) is 0 Å². The van der Waals surface area contributed by atoms with Gasteiger partial charge in [-0.25, -0.2) is 0 Å². The molecule has 1 unspecified atom stereocenters. The maximum atomic E-state index is 10.7. The Kier molecular flexibility index (Phi) is 1.98. The Morgan fingerprint density at radius 2 is 2.50 bits per heavy atom. The zero-order chi connectivity index (χ0) is 5.98. The third kappa shape index (κ3) is 1.07. The first-order valence-corrected chi connectivity index (χ1v) is 3.20. The van der Waals surface area contributed by atoms with E-state index in [0.717, 1.165) is 12.8 Å². The molecule has 2 nitrogen and oxygen atoms in total. The van der Waals surface area contributed by atoms with Crippen molar-refractivity contribution in [3.8, 4) is 0 Å². The van der Waals surface area contributed by atoms with Crippen LogP contribution < -0.4 is 0 Å². The molecular formula is C5H9O2P. The average molecular weight is 132 g/mol. The molecule has 0 amide bonds. The second kappa shape index (κ2) is 2.56. The van der Waals surface area contributed by atoms with Crippen molar-refractivity contribution in [2.75, 3.05) is 0 Å². The summed E-state index contributed by atoms with van der Waals surface area (Å²) in [6, 6.07) is 0. The molecular weight excluding hydrogens is 123 g/mol. The predicted molar refractivity (Wildman–Crippen MR) is 33.4 cm³/mol. The van der Waals surface area contributed by atoms with Crippen LogP contribution >= 0.6 is 9.47 Å². The molecule has 0 aliphatic heterocycles. The van der Waals surface area contributed by atoms with Crippen LogP contribution in [-0.2, 0) is 9.32 Å². The van der Waals surface area contributed by atoms with E-state index >= 15 is 0 Å². The molecule has 3 heteroatoms. The number of ketones is 1. The SMILES string of the molecule is O=C1CCC[C@H]1OP. The highest BCUT2D eigenvalue weighted by atomic mass is 31.0. The van der Waals surface area contributed by atoms with Crippen molar-refractivity contribution in [3.63, 3.8) is 0 Å². The van der Waals surface area contributed by atoms with Gasteiger partial charge in [-0.3, -0.25) is 4.79 Å². The minimum Gasteiger partial charge on any atom is -0.355 e. The molecule has 0 bridgehead atoms. The van der Waals surface area contributed by atoms with Gasteiger partial charge in [-0.05, 0) is 12.8 Å². The summed E-state index contributed by atoms with van der Waals surface area (Å²) in [5.41, 5.74) is 0. The summed E-state index contributed by atoms with van der Waals surface area (Å²) < 4.78 is 4.79. The van der Waals surface area contributed by atoms with Crippen molar-refractivity contribution in [1.82, 2.24) is 0 Å². The van der Waals surface area contributed by atoms with E-state index < -0.39 is 0 Å². The number of Topliss-reactive ketones (excluding diaryl/α,β-unsaturated/α-hetero) is 1. The van der Waals surface area contributed by atoms with Crippen LogP contribution in [0.4, 0.5) is 0 Å². The Morgan fingerprint density at radius 1 is 1.75 bits per heavy atom. The van der Waals surface area contributed by atoms with Gasteiger partial charge in [0.1, 0.15) is 6.10 Å². The van der Waals surface area contributed by atoms with Crippen LogP contribution in [0.5, 0.6) is 0 Å². The Hall–Kier alpha value is 0.0600. The van der Waals surface area contributed by atoms with Crippen LogP contribution in [0, 0.1) is 0 Å². The zero-order valence-corrected chi connectivity index (χ0v) is 5.75. The Balaban J connectivity index is 2.42. The summed E-state index contributed by atoms with van der Waals surface area (Å²) >= 11 is 0. The van der Waals surface area contributed by atoms with Crippen LogP contribution in [-0.4, -0.2) is 11.9 Å². The number of carbonyl (C=O) groups is 1. The topological polar surface area (TPSA) is 26.3 Å². The molecule has 1 aliphatic carbocycles. The first-order valence-electron chi connectivity index (χ1n) is 2.73. The number of hydrogen-bond acceptors (Lipinski definition) is 2. The molecule has 8 heavy (non-hydrogen) atoms. The maximum absolute atomic E-state index is 10.7. The van der Waals surface area contributed by atoms with E-state index in [-0.39, 0.29) is 11.9 Å². The fourth-order valence-corrected chi connectivity index (χ4v) is 1.22.